The average molecular weight is 297 g/mol. The van der Waals surface area contributed by atoms with Gasteiger partial charge in [-0.2, -0.15) is 5.10 Å². The molecule has 1 atom stereocenters. The number of ether oxygens (including phenoxy) is 1. The van der Waals surface area contributed by atoms with E-state index in [0.717, 1.165) is 22.4 Å². The molecule has 0 radical (unpaired) electrons. The first kappa shape index (κ1) is 14.5. The smallest absolute Gasteiger partial charge is 0.163 e. The lowest BCUT2D eigenvalue weighted by Gasteiger charge is -2.18. The molecule has 0 amide bonds. The Morgan fingerprint density at radius 1 is 1.23 bits per heavy atom. The Morgan fingerprint density at radius 3 is 2.82 bits per heavy atom. The minimum absolute atomic E-state index is 0.0205. The number of hydrogen-bond acceptors (Lipinski definition) is 5. The first-order valence-electron chi connectivity index (χ1n) is 7.32. The second kappa shape index (κ2) is 6.53. The molecule has 3 aromatic rings. The Labute approximate surface area is 129 Å². The van der Waals surface area contributed by atoms with Crippen LogP contribution in [0.1, 0.15) is 18.6 Å². The summed E-state index contributed by atoms with van der Waals surface area (Å²) in [6.45, 7) is 3.30. The monoisotopic (exact) mass is 297 g/mol. The van der Waals surface area contributed by atoms with Crippen LogP contribution in [0.4, 0.5) is 5.82 Å². The standard InChI is InChI=1S/C16H19N5O/c1-3-22-14(12-7-5-4-6-8-12)10-17-15-13-9-20-21(2)16(13)19-11-18-15/h4-9,11,14H,3,10H2,1-2H3,(H,17,18,19). The van der Waals surface area contributed by atoms with Gasteiger partial charge in [-0.15, -0.1) is 0 Å². The van der Waals surface area contributed by atoms with Gasteiger partial charge in [0.05, 0.1) is 17.7 Å². The van der Waals surface area contributed by atoms with Crippen molar-refractivity contribution in [1.82, 2.24) is 19.7 Å². The van der Waals surface area contributed by atoms with Crippen molar-refractivity contribution in [3.63, 3.8) is 0 Å². The van der Waals surface area contributed by atoms with E-state index in [1.54, 1.807) is 17.2 Å². The summed E-state index contributed by atoms with van der Waals surface area (Å²) in [5.74, 6) is 0.777. The van der Waals surface area contributed by atoms with Crippen molar-refractivity contribution in [2.75, 3.05) is 18.5 Å². The lowest BCUT2D eigenvalue weighted by Crippen LogP contribution is -2.16. The number of rotatable bonds is 6. The van der Waals surface area contributed by atoms with Gasteiger partial charge in [0.15, 0.2) is 5.65 Å². The highest BCUT2D eigenvalue weighted by molar-refractivity contribution is 5.85. The van der Waals surface area contributed by atoms with Crippen LogP contribution < -0.4 is 5.32 Å². The molecule has 0 aliphatic heterocycles. The molecule has 3 rings (SSSR count). The van der Waals surface area contributed by atoms with Crippen LogP contribution >= 0.6 is 0 Å². The van der Waals surface area contributed by atoms with Gasteiger partial charge in [-0.3, -0.25) is 4.68 Å². The van der Waals surface area contributed by atoms with Crippen LogP contribution in [0.15, 0.2) is 42.9 Å². The third-order valence-corrected chi connectivity index (χ3v) is 3.52. The highest BCUT2D eigenvalue weighted by Gasteiger charge is 2.13. The molecule has 6 nitrogen and oxygen atoms in total. The highest BCUT2D eigenvalue weighted by atomic mass is 16.5. The van der Waals surface area contributed by atoms with Gasteiger partial charge in [-0.1, -0.05) is 30.3 Å². The number of aromatic nitrogens is 4. The highest BCUT2D eigenvalue weighted by Crippen LogP contribution is 2.21. The maximum atomic E-state index is 5.84. The van der Waals surface area contributed by atoms with Crippen LogP contribution in [0.5, 0.6) is 0 Å². The summed E-state index contributed by atoms with van der Waals surface area (Å²) in [5, 5.41) is 8.49. The average Bonchev–Trinajstić information content (AvgIpc) is 2.94. The van der Waals surface area contributed by atoms with Crippen LogP contribution in [0.25, 0.3) is 11.0 Å². The predicted octanol–water partition coefficient (Wildman–Crippen LogP) is 2.55. The second-order valence-corrected chi connectivity index (χ2v) is 4.96. The summed E-state index contributed by atoms with van der Waals surface area (Å²) < 4.78 is 7.58. The zero-order chi connectivity index (χ0) is 15.4. The molecule has 0 spiro atoms. The predicted molar refractivity (Wildman–Crippen MR) is 85.6 cm³/mol. The van der Waals surface area contributed by atoms with Gasteiger partial charge >= 0.3 is 0 Å². The molecule has 1 N–H and O–H groups in total. The molecule has 114 valence electrons. The Balaban J connectivity index is 1.79. The summed E-state index contributed by atoms with van der Waals surface area (Å²) in [4.78, 5) is 8.56. The normalized spacial score (nSPS) is 12.5. The van der Waals surface area contributed by atoms with Crippen molar-refractivity contribution >= 4 is 16.9 Å². The van der Waals surface area contributed by atoms with Crippen molar-refractivity contribution in [3.05, 3.63) is 48.4 Å². The van der Waals surface area contributed by atoms with Gasteiger partial charge in [0, 0.05) is 20.2 Å². The molecular weight excluding hydrogens is 278 g/mol. The summed E-state index contributed by atoms with van der Waals surface area (Å²) in [5.41, 5.74) is 1.96. The number of nitrogens with zero attached hydrogens (tertiary/aromatic N) is 4. The van der Waals surface area contributed by atoms with E-state index < -0.39 is 0 Å². The SMILES string of the molecule is CCOC(CNc1ncnc2c1cnn2C)c1ccccc1. The number of benzene rings is 1. The number of aryl methyl sites for hydroxylation is 1. The molecule has 6 heteroatoms. The van der Waals surface area contributed by atoms with Crippen LogP contribution in [0.2, 0.25) is 0 Å². The molecule has 0 saturated carbocycles. The molecule has 1 unspecified atom stereocenters. The van der Waals surface area contributed by atoms with E-state index in [-0.39, 0.29) is 6.10 Å². The molecule has 0 saturated heterocycles. The second-order valence-electron chi connectivity index (χ2n) is 4.96. The van der Waals surface area contributed by atoms with Crippen LogP contribution in [0, 0.1) is 0 Å². The molecule has 0 fully saturated rings. The molecule has 22 heavy (non-hydrogen) atoms. The minimum atomic E-state index is -0.0205. The van der Waals surface area contributed by atoms with Gasteiger partial charge in [0.1, 0.15) is 12.1 Å². The van der Waals surface area contributed by atoms with E-state index in [9.17, 15) is 0 Å². The third kappa shape index (κ3) is 2.92. The van der Waals surface area contributed by atoms with E-state index in [4.69, 9.17) is 4.74 Å². The first-order valence-corrected chi connectivity index (χ1v) is 7.32. The Morgan fingerprint density at radius 2 is 2.05 bits per heavy atom. The third-order valence-electron chi connectivity index (χ3n) is 3.52. The maximum absolute atomic E-state index is 5.84. The van der Waals surface area contributed by atoms with Crippen LogP contribution in [-0.2, 0) is 11.8 Å². The molecule has 2 aromatic heterocycles. The van der Waals surface area contributed by atoms with E-state index in [1.165, 1.54) is 0 Å². The lowest BCUT2D eigenvalue weighted by molar-refractivity contribution is 0.0718. The topological polar surface area (TPSA) is 64.9 Å². The number of nitrogens with one attached hydrogen (secondary N) is 1. The fourth-order valence-electron chi connectivity index (χ4n) is 2.43. The number of hydrogen-bond donors (Lipinski definition) is 1. The maximum Gasteiger partial charge on any atom is 0.163 e. The molecule has 0 aliphatic rings. The fraction of sp³-hybridized carbons (Fsp3) is 0.312. The van der Waals surface area contributed by atoms with Gasteiger partial charge in [0.25, 0.3) is 0 Å². The van der Waals surface area contributed by atoms with Gasteiger partial charge in [0.2, 0.25) is 0 Å². The van der Waals surface area contributed by atoms with E-state index >= 15 is 0 Å². The van der Waals surface area contributed by atoms with Crippen molar-refractivity contribution < 1.29 is 4.74 Å². The Hall–Kier alpha value is -2.47. The fourth-order valence-corrected chi connectivity index (χ4v) is 2.43. The van der Waals surface area contributed by atoms with Crippen molar-refractivity contribution in [2.24, 2.45) is 7.05 Å². The van der Waals surface area contributed by atoms with E-state index in [0.29, 0.717) is 13.2 Å². The molecular formula is C16H19N5O. The molecule has 0 bridgehead atoms. The van der Waals surface area contributed by atoms with Crippen molar-refractivity contribution in [1.29, 1.82) is 0 Å². The minimum Gasteiger partial charge on any atom is -0.372 e. The van der Waals surface area contributed by atoms with E-state index in [2.05, 4.69) is 32.5 Å². The van der Waals surface area contributed by atoms with Crippen LogP contribution in [-0.4, -0.2) is 32.9 Å². The molecule has 0 aliphatic carbocycles. The summed E-state index contributed by atoms with van der Waals surface area (Å²) in [6, 6.07) is 10.2. The number of anilines is 1. The Bertz CT molecular complexity index is 741. The van der Waals surface area contributed by atoms with E-state index in [1.807, 2.05) is 32.2 Å². The largest absolute Gasteiger partial charge is 0.372 e. The van der Waals surface area contributed by atoms with Gasteiger partial charge < -0.3 is 10.1 Å². The molecule has 2 heterocycles. The molecule has 1 aromatic carbocycles. The van der Waals surface area contributed by atoms with Gasteiger partial charge in [-0.25, -0.2) is 9.97 Å². The lowest BCUT2D eigenvalue weighted by atomic mass is 10.1. The zero-order valence-corrected chi connectivity index (χ0v) is 12.7. The zero-order valence-electron chi connectivity index (χ0n) is 12.7. The van der Waals surface area contributed by atoms with Crippen LogP contribution in [0.3, 0.4) is 0 Å². The Kier molecular flexibility index (Phi) is 4.29. The summed E-state index contributed by atoms with van der Waals surface area (Å²) in [6.07, 6.45) is 3.30. The van der Waals surface area contributed by atoms with Gasteiger partial charge in [-0.05, 0) is 12.5 Å². The quantitative estimate of drug-likeness (QED) is 0.757. The first-order chi connectivity index (χ1) is 10.8. The summed E-state index contributed by atoms with van der Waals surface area (Å²) >= 11 is 0. The number of fused-ring (bicyclic) bond motifs is 1. The summed E-state index contributed by atoms with van der Waals surface area (Å²) in [7, 11) is 1.87. The van der Waals surface area contributed by atoms with Crippen molar-refractivity contribution in [3.8, 4) is 0 Å². The van der Waals surface area contributed by atoms with Crippen molar-refractivity contribution in [2.45, 2.75) is 13.0 Å².